The lowest BCUT2D eigenvalue weighted by atomic mass is 9.94. The summed E-state index contributed by atoms with van der Waals surface area (Å²) in [5.41, 5.74) is 1.87. The van der Waals surface area contributed by atoms with Gasteiger partial charge in [-0.2, -0.15) is 0 Å². The molecule has 0 spiro atoms. The molecule has 2 rings (SSSR count). The van der Waals surface area contributed by atoms with Gasteiger partial charge in [-0.25, -0.2) is 13.6 Å². The molecule has 4 nitrogen and oxygen atoms in total. The highest BCUT2D eigenvalue weighted by Gasteiger charge is 2.12. The molecule has 1 aromatic carbocycles. The van der Waals surface area contributed by atoms with Crippen LogP contribution in [0, 0.1) is 12.8 Å². The Kier molecular flexibility index (Phi) is 4.27. The second-order valence-electron chi connectivity index (χ2n) is 5.05. The molecule has 1 aromatic rings. The van der Waals surface area contributed by atoms with E-state index >= 15 is 0 Å². The van der Waals surface area contributed by atoms with E-state index in [0.717, 1.165) is 30.6 Å². The highest BCUT2D eigenvalue weighted by atomic mass is 32.2. The average molecular weight is 280 g/mol. The van der Waals surface area contributed by atoms with E-state index in [-0.39, 0.29) is 4.90 Å². The van der Waals surface area contributed by atoms with E-state index in [1.54, 1.807) is 18.2 Å². The molecular formula is C14H20N2O2S. The summed E-state index contributed by atoms with van der Waals surface area (Å²) >= 11 is 0. The van der Waals surface area contributed by atoms with E-state index in [1.807, 2.05) is 6.92 Å². The van der Waals surface area contributed by atoms with Crippen molar-refractivity contribution in [3.05, 3.63) is 35.9 Å². The van der Waals surface area contributed by atoms with Crippen molar-refractivity contribution in [3.8, 4) is 0 Å². The number of rotatable bonds is 4. The molecule has 0 amide bonds. The van der Waals surface area contributed by atoms with Gasteiger partial charge in [-0.05, 0) is 49.8 Å². The Bertz CT molecular complexity index is 579. The molecule has 0 saturated carbocycles. The van der Waals surface area contributed by atoms with Crippen molar-refractivity contribution in [2.75, 3.05) is 11.9 Å². The van der Waals surface area contributed by atoms with Crippen LogP contribution in [0.5, 0.6) is 0 Å². The maximum Gasteiger partial charge on any atom is 0.238 e. The van der Waals surface area contributed by atoms with Gasteiger partial charge in [0.15, 0.2) is 0 Å². The Labute approximate surface area is 114 Å². The van der Waals surface area contributed by atoms with Gasteiger partial charge < -0.3 is 5.32 Å². The lowest BCUT2D eigenvalue weighted by molar-refractivity contribution is 0.504. The number of aryl methyl sites for hydroxylation is 1. The third-order valence-corrected chi connectivity index (χ3v) is 4.41. The van der Waals surface area contributed by atoms with Gasteiger partial charge in [-0.15, -0.1) is 0 Å². The maximum atomic E-state index is 11.3. The van der Waals surface area contributed by atoms with Crippen LogP contribution in [0.1, 0.15) is 24.8 Å². The topological polar surface area (TPSA) is 72.2 Å². The van der Waals surface area contributed by atoms with Crippen LogP contribution in [0.2, 0.25) is 0 Å². The lowest BCUT2D eigenvalue weighted by Gasteiger charge is -2.20. The normalized spacial score (nSPS) is 19.4. The monoisotopic (exact) mass is 280 g/mol. The van der Waals surface area contributed by atoms with E-state index in [4.69, 9.17) is 5.14 Å². The van der Waals surface area contributed by atoms with Crippen molar-refractivity contribution in [2.24, 2.45) is 11.1 Å². The number of anilines is 1. The second kappa shape index (κ2) is 5.75. The van der Waals surface area contributed by atoms with Crippen LogP contribution in [-0.2, 0) is 10.0 Å². The van der Waals surface area contributed by atoms with E-state index in [0.29, 0.717) is 5.92 Å². The van der Waals surface area contributed by atoms with Gasteiger partial charge in [-0.1, -0.05) is 18.2 Å². The van der Waals surface area contributed by atoms with Gasteiger partial charge in [-0.3, -0.25) is 0 Å². The van der Waals surface area contributed by atoms with Crippen molar-refractivity contribution in [1.82, 2.24) is 0 Å². The first-order valence-corrected chi connectivity index (χ1v) is 8.04. The van der Waals surface area contributed by atoms with E-state index in [9.17, 15) is 8.42 Å². The number of benzene rings is 1. The second-order valence-corrected chi connectivity index (χ2v) is 6.61. The Balaban J connectivity index is 2.09. The van der Waals surface area contributed by atoms with Crippen molar-refractivity contribution in [1.29, 1.82) is 0 Å². The van der Waals surface area contributed by atoms with Crippen LogP contribution in [0.25, 0.3) is 0 Å². The molecule has 1 aliphatic carbocycles. The number of nitrogens with two attached hydrogens (primary N) is 1. The molecule has 19 heavy (non-hydrogen) atoms. The van der Waals surface area contributed by atoms with Crippen molar-refractivity contribution in [3.63, 3.8) is 0 Å². The summed E-state index contributed by atoms with van der Waals surface area (Å²) < 4.78 is 22.7. The average Bonchev–Trinajstić information content (AvgIpc) is 2.37. The van der Waals surface area contributed by atoms with Crippen molar-refractivity contribution >= 4 is 15.7 Å². The molecular weight excluding hydrogens is 260 g/mol. The fourth-order valence-corrected chi connectivity index (χ4v) is 2.80. The summed E-state index contributed by atoms with van der Waals surface area (Å²) in [4.78, 5) is 0.157. The van der Waals surface area contributed by atoms with Crippen LogP contribution >= 0.6 is 0 Å². The summed E-state index contributed by atoms with van der Waals surface area (Å²) in [7, 11) is -3.64. The quantitative estimate of drug-likeness (QED) is 0.832. The van der Waals surface area contributed by atoms with Gasteiger partial charge in [0.2, 0.25) is 10.0 Å². The Morgan fingerprint density at radius 3 is 2.79 bits per heavy atom. The molecule has 104 valence electrons. The molecule has 0 unspecified atom stereocenters. The molecule has 0 aromatic heterocycles. The Hall–Kier alpha value is -1.33. The molecule has 0 fully saturated rings. The number of primary sulfonamides is 1. The van der Waals surface area contributed by atoms with Gasteiger partial charge in [0.25, 0.3) is 0 Å². The minimum Gasteiger partial charge on any atom is -0.385 e. The molecule has 1 atom stereocenters. The summed E-state index contributed by atoms with van der Waals surface area (Å²) in [5.74, 6) is 0.613. The standard InChI is InChI=1S/C14H20N2O2S/c1-11-7-8-13(19(15,17)18)9-14(11)16-10-12-5-3-2-4-6-12/h2-3,7-9,12,16H,4-6,10H2,1H3,(H2,15,17,18)/t12-/m0/s1. The number of sulfonamides is 1. The molecule has 1 aliphatic rings. The molecule has 0 heterocycles. The summed E-state index contributed by atoms with van der Waals surface area (Å²) in [6.07, 6.45) is 7.81. The maximum absolute atomic E-state index is 11.3. The molecule has 0 aliphatic heterocycles. The molecule has 3 N–H and O–H groups in total. The zero-order chi connectivity index (χ0) is 13.9. The highest BCUT2D eigenvalue weighted by molar-refractivity contribution is 7.89. The molecule has 0 saturated heterocycles. The molecule has 0 bridgehead atoms. The summed E-state index contributed by atoms with van der Waals surface area (Å²) in [6, 6.07) is 4.94. The van der Waals surface area contributed by atoms with E-state index < -0.39 is 10.0 Å². The summed E-state index contributed by atoms with van der Waals surface area (Å²) in [6.45, 7) is 2.81. The predicted octanol–water partition coefficient (Wildman–Crippen LogP) is 2.41. The zero-order valence-electron chi connectivity index (χ0n) is 11.1. The SMILES string of the molecule is Cc1ccc(S(N)(=O)=O)cc1NC[C@H]1CC=CCC1. The number of hydrogen-bond donors (Lipinski definition) is 2. The fraction of sp³-hybridized carbons (Fsp3) is 0.429. The number of allylic oxidation sites excluding steroid dienone is 2. The number of nitrogens with one attached hydrogen (secondary N) is 1. The third-order valence-electron chi connectivity index (χ3n) is 3.50. The van der Waals surface area contributed by atoms with Crippen LogP contribution in [0.4, 0.5) is 5.69 Å². The third kappa shape index (κ3) is 3.81. The molecule has 0 radical (unpaired) electrons. The molecule has 5 heteroatoms. The zero-order valence-corrected chi connectivity index (χ0v) is 11.9. The van der Waals surface area contributed by atoms with Crippen LogP contribution in [-0.4, -0.2) is 15.0 Å². The first-order chi connectivity index (χ1) is 8.97. The van der Waals surface area contributed by atoms with Crippen molar-refractivity contribution in [2.45, 2.75) is 31.1 Å². The first kappa shape index (κ1) is 14.1. The lowest BCUT2D eigenvalue weighted by Crippen LogP contribution is -2.17. The largest absolute Gasteiger partial charge is 0.385 e. The minimum atomic E-state index is -3.64. The van der Waals surface area contributed by atoms with Crippen molar-refractivity contribution < 1.29 is 8.42 Å². The highest BCUT2D eigenvalue weighted by Crippen LogP contribution is 2.22. The summed E-state index contributed by atoms with van der Waals surface area (Å²) in [5, 5.41) is 8.49. The number of hydrogen-bond acceptors (Lipinski definition) is 3. The predicted molar refractivity (Wildman–Crippen MR) is 77.5 cm³/mol. The minimum absolute atomic E-state index is 0.157. The Morgan fingerprint density at radius 1 is 1.37 bits per heavy atom. The smallest absolute Gasteiger partial charge is 0.238 e. The Morgan fingerprint density at radius 2 is 2.16 bits per heavy atom. The van der Waals surface area contributed by atoms with Crippen LogP contribution in [0.3, 0.4) is 0 Å². The first-order valence-electron chi connectivity index (χ1n) is 6.49. The van der Waals surface area contributed by atoms with E-state index in [2.05, 4.69) is 17.5 Å². The van der Waals surface area contributed by atoms with Gasteiger partial charge in [0.1, 0.15) is 0 Å². The van der Waals surface area contributed by atoms with E-state index in [1.165, 1.54) is 6.42 Å². The van der Waals surface area contributed by atoms with Gasteiger partial charge >= 0.3 is 0 Å². The van der Waals surface area contributed by atoms with Gasteiger partial charge in [0, 0.05) is 12.2 Å². The fourth-order valence-electron chi connectivity index (χ4n) is 2.26. The van der Waals surface area contributed by atoms with Crippen LogP contribution < -0.4 is 10.5 Å². The van der Waals surface area contributed by atoms with Crippen LogP contribution in [0.15, 0.2) is 35.2 Å². The van der Waals surface area contributed by atoms with Gasteiger partial charge in [0.05, 0.1) is 4.90 Å².